The summed E-state index contributed by atoms with van der Waals surface area (Å²) in [5.41, 5.74) is 12.5. The van der Waals surface area contributed by atoms with E-state index < -0.39 is 8.07 Å². The van der Waals surface area contributed by atoms with Gasteiger partial charge in [0.15, 0.2) is 31.2 Å². The highest BCUT2D eigenvalue weighted by Gasteiger charge is 2.41. The molecule has 0 aliphatic carbocycles. The maximum absolute atomic E-state index is 10.0. The monoisotopic (exact) mass is 1010 g/mol. The minimum atomic E-state index is -2.91. The lowest BCUT2D eigenvalue weighted by atomic mass is 10.0. The van der Waals surface area contributed by atoms with E-state index >= 15 is 0 Å². The number of hydrogen-bond acceptors (Lipinski definition) is 4. The van der Waals surface area contributed by atoms with Crippen LogP contribution in [0.3, 0.4) is 0 Å². The van der Waals surface area contributed by atoms with E-state index in [9.17, 15) is 5.26 Å². The molecular formula is C71H46N6Si. The fourth-order valence-corrected chi connectivity index (χ4v) is 16.0. The van der Waals surface area contributed by atoms with Gasteiger partial charge in [-0.2, -0.15) is 5.26 Å². The largest absolute Gasteiger partial charge is 0.308 e. The van der Waals surface area contributed by atoms with Crippen LogP contribution < -0.4 is 20.7 Å². The van der Waals surface area contributed by atoms with Crippen molar-refractivity contribution in [2.75, 3.05) is 0 Å². The normalized spacial score (nSPS) is 11.3. The zero-order valence-electron chi connectivity index (χ0n) is 42.2. The first-order chi connectivity index (χ1) is 38.5. The number of benzene rings is 11. The van der Waals surface area contributed by atoms with E-state index in [-0.39, 0.29) is 0 Å². The molecule has 7 heteroatoms. The van der Waals surface area contributed by atoms with Crippen molar-refractivity contribution in [3.8, 4) is 79.3 Å². The van der Waals surface area contributed by atoms with Gasteiger partial charge in [-0.25, -0.2) is 19.8 Å². The van der Waals surface area contributed by atoms with Crippen LogP contribution in [0, 0.1) is 17.9 Å². The van der Waals surface area contributed by atoms with Crippen LogP contribution in [0.1, 0.15) is 5.56 Å². The summed E-state index contributed by atoms with van der Waals surface area (Å²) in [7, 11) is -2.91. The van der Waals surface area contributed by atoms with Crippen molar-refractivity contribution in [2.24, 2.45) is 0 Å². The molecule has 364 valence electrons. The zero-order valence-corrected chi connectivity index (χ0v) is 43.2. The lowest BCUT2D eigenvalue weighted by Crippen LogP contribution is -2.74. The average molecular weight is 1010 g/mol. The van der Waals surface area contributed by atoms with Crippen LogP contribution in [0.15, 0.2) is 279 Å². The molecule has 0 fully saturated rings. The van der Waals surface area contributed by atoms with E-state index in [0.717, 1.165) is 77.6 Å². The van der Waals surface area contributed by atoms with E-state index in [4.69, 9.17) is 21.5 Å². The second-order valence-electron chi connectivity index (χ2n) is 19.4. The second-order valence-corrected chi connectivity index (χ2v) is 23.2. The number of nitrogens with zero attached hydrogens (tertiary/aromatic N) is 6. The molecule has 0 unspecified atom stereocenters. The average Bonchev–Trinajstić information content (AvgIpc) is 4.06. The topological polar surface area (TPSA) is 71.8 Å². The summed E-state index contributed by atoms with van der Waals surface area (Å²) >= 11 is 0. The molecule has 2 heterocycles. The Morgan fingerprint density at radius 1 is 0.359 bits per heavy atom. The first-order valence-corrected chi connectivity index (χ1v) is 27.9. The molecule has 0 bridgehead atoms. The van der Waals surface area contributed by atoms with Crippen LogP contribution in [0.4, 0.5) is 5.69 Å². The molecular weight excluding hydrogens is 965 g/mol. The summed E-state index contributed by atoms with van der Waals surface area (Å²) in [6, 6.07) is 100. The summed E-state index contributed by atoms with van der Waals surface area (Å²) in [5.74, 6) is 1.65. The van der Waals surface area contributed by atoms with Gasteiger partial charge in [0.2, 0.25) is 0 Å². The van der Waals surface area contributed by atoms with Gasteiger partial charge in [0, 0.05) is 27.5 Å². The van der Waals surface area contributed by atoms with Crippen molar-refractivity contribution in [2.45, 2.75) is 0 Å². The predicted molar refractivity (Wildman–Crippen MR) is 321 cm³/mol. The van der Waals surface area contributed by atoms with Crippen molar-refractivity contribution in [3.63, 3.8) is 0 Å². The van der Waals surface area contributed by atoms with Gasteiger partial charge < -0.3 is 4.57 Å². The van der Waals surface area contributed by atoms with Gasteiger partial charge in [0.05, 0.1) is 34.9 Å². The molecule has 0 aliphatic heterocycles. The zero-order chi connectivity index (χ0) is 52.4. The van der Waals surface area contributed by atoms with Gasteiger partial charge in [-0.1, -0.05) is 237 Å². The van der Waals surface area contributed by atoms with Gasteiger partial charge >= 0.3 is 0 Å². The van der Waals surface area contributed by atoms with E-state index in [0.29, 0.717) is 28.7 Å². The Labute approximate surface area is 454 Å². The molecule has 78 heavy (non-hydrogen) atoms. The molecule has 0 aliphatic rings. The molecule has 0 N–H and O–H groups in total. The first kappa shape index (κ1) is 47.2. The predicted octanol–water partition coefficient (Wildman–Crippen LogP) is 14.8. The van der Waals surface area contributed by atoms with Crippen LogP contribution in [-0.2, 0) is 0 Å². The highest BCUT2D eigenvalue weighted by atomic mass is 28.3. The van der Waals surface area contributed by atoms with Crippen LogP contribution in [0.2, 0.25) is 0 Å². The third-order valence-electron chi connectivity index (χ3n) is 14.8. The Bertz CT molecular complexity index is 4180. The molecule has 11 aromatic carbocycles. The van der Waals surface area contributed by atoms with E-state index in [2.05, 4.69) is 197 Å². The smallest absolute Gasteiger partial charge is 0.187 e. The lowest BCUT2D eigenvalue weighted by molar-refractivity contribution is 1.06. The fourth-order valence-electron chi connectivity index (χ4n) is 11.2. The number of aromatic nitrogens is 4. The van der Waals surface area contributed by atoms with Gasteiger partial charge in [0.25, 0.3) is 0 Å². The van der Waals surface area contributed by atoms with Crippen molar-refractivity contribution in [3.05, 3.63) is 296 Å². The molecule has 0 spiro atoms. The van der Waals surface area contributed by atoms with Crippen molar-refractivity contribution in [1.29, 1.82) is 5.26 Å². The van der Waals surface area contributed by atoms with Crippen molar-refractivity contribution >= 4 is 56.3 Å². The molecule has 6 nitrogen and oxygen atoms in total. The van der Waals surface area contributed by atoms with E-state index in [1.165, 1.54) is 20.7 Å². The second kappa shape index (κ2) is 20.3. The van der Waals surface area contributed by atoms with Crippen LogP contribution >= 0.6 is 0 Å². The highest BCUT2D eigenvalue weighted by Crippen LogP contribution is 2.41. The van der Waals surface area contributed by atoms with E-state index in [1.54, 1.807) is 0 Å². The highest BCUT2D eigenvalue weighted by molar-refractivity contribution is 7.19. The summed E-state index contributed by atoms with van der Waals surface area (Å²) in [5, 5.41) is 17.3. The van der Waals surface area contributed by atoms with Gasteiger partial charge in [-0.3, -0.25) is 0 Å². The Kier molecular flexibility index (Phi) is 12.3. The fraction of sp³-hybridized carbons (Fsp3) is 0. The molecule has 0 atom stereocenters. The van der Waals surface area contributed by atoms with Crippen LogP contribution in [0.25, 0.3) is 99.9 Å². The Balaban J connectivity index is 1.12. The van der Waals surface area contributed by atoms with Crippen molar-refractivity contribution in [1.82, 2.24) is 19.5 Å². The van der Waals surface area contributed by atoms with E-state index in [1.807, 2.05) is 97.1 Å². The minimum absolute atomic E-state index is 0.524. The third-order valence-corrected chi connectivity index (χ3v) is 19.6. The number of rotatable bonds is 11. The molecule has 13 aromatic rings. The standard InChI is InChI=1S/C71H46N6Si/c1-73-58-28-18-26-53(43-58)56-37-40-64-63-39-36-55(52-25-17-20-49(42-52)48-72)45-66(63)77(67(64)46-56)68-47-57(38-41-65(68)71-75-69(50-21-7-2-8-22-50)74-70(76-71)51-23-9-3-10-24-51)54-27-19-35-62(44-54)78(59-29-11-4-12-30-59,60-31-13-5-14-32-60)61-33-15-6-16-34-61/h2-47H. The molecule has 13 rings (SSSR count). The molecule has 0 radical (unpaired) electrons. The maximum atomic E-state index is 10.0. The maximum Gasteiger partial charge on any atom is 0.187 e. The summed E-state index contributed by atoms with van der Waals surface area (Å²) in [4.78, 5) is 19.6. The summed E-state index contributed by atoms with van der Waals surface area (Å²) < 4.78 is 2.36. The van der Waals surface area contributed by atoms with Gasteiger partial charge in [-0.05, 0) is 96.6 Å². The van der Waals surface area contributed by atoms with Gasteiger partial charge in [0.1, 0.15) is 0 Å². The Morgan fingerprint density at radius 3 is 1.29 bits per heavy atom. The SMILES string of the molecule is [C-]#[N+]c1cccc(-c2ccc3c4ccc(-c5cccc(C#N)c5)cc4n(-c4cc(-c5cccc([Si](c6ccccc6)(c6ccccc6)c6ccccc6)c5)ccc4-c4nc(-c5ccccc5)nc(-c5ccccc5)n4)c3c2)c1. The molecule has 0 saturated carbocycles. The summed E-state index contributed by atoms with van der Waals surface area (Å²) in [6.07, 6.45) is 0. The third kappa shape index (κ3) is 8.53. The Hall–Kier alpha value is -10.6. The molecule has 0 saturated heterocycles. The lowest BCUT2D eigenvalue weighted by Gasteiger charge is -2.34. The Morgan fingerprint density at radius 2 is 0.769 bits per heavy atom. The number of nitriles is 1. The van der Waals surface area contributed by atoms with Crippen LogP contribution in [0.5, 0.6) is 0 Å². The first-order valence-electron chi connectivity index (χ1n) is 25.9. The van der Waals surface area contributed by atoms with Crippen molar-refractivity contribution < 1.29 is 0 Å². The van der Waals surface area contributed by atoms with Gasteiger partial charge in [-0.15, -0.1) is 0 Å². The summed E-state index contributed by atoms with van der Waals surface area (Å²) in [6.45, 7) is 7.87. The molecule has 2 aromatic heterocycles. The number of fused-ring (bicyclic) bond motifs is 3. The quantitative estimate of drug-likeness (QED) is 0.0735. The molecule has 0 amide bonds. The number of hydrogen-bond donors (Lipinski definition) is 0. The van der Waals surface area contributed by atoms with Crippen LogP contribution in [-0.4, -0.2) is 27.6 Å². The minimum Gasteiger partial charge on any atom is -0.308 e.